The van der Waals surface area contributed by atoms with E-state index in [1.807, 2.05) is 0 Å². The molecule has 1 N–H and O–H groups in total. The van der Waals surface area contributed by atoms with Crippen molar-refractivity contribution in [3.63, 3.8) is 0 Å². The van der Waals surface area contributed by atoms with E-state index in [0.29, 0.717) is 35.1 Å². The highest BCUT2D eigenvalue weighted by Gasteiger charge is 2.17. The Balaban J connectivity index is 1.29. The first kappa shape index (κ1) is 22.5. The highest BCUT2D eigenvalue weighted by Crippen LogP contribution is 2.19. The third-order valence-electron chi connectivity index (χ3n) is 5.05. The standard InChI is InChI=1S/C24H24FN3O5/c1-16-13-22(28(27-16)19-8-6-18(25)7-9-19)26-23(29)15-33-24(30)17-4-10-20(11-5-17)32-14-21-3-2-12-31-21/h4-11,13,21H,2-3,12,14-15H2,1H3,(H,26,29). The molecule has 2 heterocycles. The van der Waals surface area contributed by atoms with Crippen molar-refractivity contribution in [2.75, 3.05) is 25.1 Å². The largest absolute Gasteiger partial charge is 0.491 e. The zero-order chi connectivity index (χ0) is 23.2. The lowest BCUT2D eigenvalue weighted by molar-refractivity contribution is -0.119. The molecular weight excluding hydrogens is 429 g/mol. The Labute approximate surface area is 190 Å². The number of anilines is 1. The number of aromatic nitrogens is 2. The minimum absolute atomic E-state index is 0.108. The lowest BCUT2D eigenvalue weighted by Crippen LogP contribution is -2.22. The first-order valence-corrected chi connectivity index (χ1v) is 10.6. The first-order valence-electron chi connectivity index (χ1n) is 10.6. The van der Waals surface area contributed by atoms with Gasteiger partial charge in [0.05, 0.1) is 23.0 Å². The molecule has 2 aromatic carbocycles. The van der Waals surface area contributed by atoms with Crippen LogP contribution in [0.1, 0.15) is 28.9 Å². The summed E-state index contributed by atoms with van der Waals surface area (Å²) in [6, 6.07) is 13.9. The molecule has 4 rings (SSSR count). The zero-order valence-electron chi connectivity index (χ0n) is 18.1. The number of hydrogen-bond donors (Lipinski definition) is 1. The first-order chi connectivity index (χ1) is 16.0. The topological polar surface area (TPSA) is 91.7 Å². The summed E-state index contributed by atoms with van der Waals surface area (Å²) < 4.78 is 31.0. The molecule has 1 atom stereocenters. The minimum Gasteiger partial charge on any atom is -0.491 e. The van der Waals surface area contributed by atoms with Gasteiger partial charge in [0.25, 0.3) is 5.91 Å². The zero-order valence-corrected chi connectivity index (χ0v) is 18.1. The van der Waals surface area contributed by atoms with Gasteiger partial charge in [0.15, 0.2) is 6.61 Å². The van der Waals surface area contributed by atoms with Crippen molar-refractivity contribution < 1.29 is 28.2 Å². The van der Waals surface area contributed by atoms with E-state index in [9.17, 15) is 14.0 Å². The van der Waals surface area contributed by atoms with Gasteiger partial charge in [0, 0.05) is 12.7 Å². The Morgan fingerprint density at radius 1 is 1.18 bits per heavy atom. The highest BCUT2D eigenvalue weighted by atomic mass is 19.1. The number of ether oxygens (including phenoxy) is 3. The van der Waals surface area contributed by atoms with E-state index in [1.165, 1.54) is 16.8 Å². The van der Waals surface area contributed by atoms with Crippen molar-refractivity contribution in [2.24, 2.45) is 0 Å². The van der Waals surface area contributed by atoms with Crippen LogP contribution >= 0.6 is 0 Å². The van der Waals surface area contributed by atoms with Crippen molar-refractivity contribution in [3.05, 3.63) is 71.7 Å². The molecule has 1 aromatic heterocycles. The van der Waals surface area contributed by atoms with Crippen molar-refractivity contribution in [1.29, 1.82) is 0 Å². The maximum atomic E-state index is 13.2. The van der Waals surface area contributed by atoms with Crippen LogP contribution in [0, 0.1) is 12.7 Å². The molecule has 0 radical (unpaired) electrons. The van der Waals surface area contributed by atoms with Crippen molar-refractivity contribution in [2.45, 2.75) is 25.9 Å². The van der Waals surface area contributed by atoms with Gasteiger partial charge in [0.1, 0.15) is 24.0 Å². The highest BCUT2D eigenvalue weighted by molar-refractivity contribution is 5.95. The molecule has 1 saturated heterocycles. The average Bonchev–Trinajstić information content (AvgIpc) is 3.46. The Hall–Kier alpha value is -3.72. The Bertz CT molecular complexity index is 1110. The minimum atomic E-state index is -0.626. The third kappa shape index (κ3) is 5.95. The average molecular weight is 453 g/mol. The maximum absolute atomic E-state index is 13.2. The molecule has 1 aliphatic rings. The van der Waals surface area contributed by atoms with Gasteiger partial charge in [0.2, 0.25) is 0 Å². The Kier molecular flexibility index (Phi) is 6.99. The molecule has 33 heavy (non-hydrogen) atoms. The fourth-order valence-electron chi connectivity index (χ4n) is 3.41. The van der Waals surface area contributed by atoms with Crippen molar-refractivity contribution in [3.8, 4) is 11.4 Å². The second kappa shape index (κ2) is 10.3. The molecular formula is C24H24FN3O5. The lowest BCUT2D eigenvalue weighted by atomic mass is 10.2. The van der Waals surface area contributed by atoms with Gasteiger partial charge in [-0.05, 0) is 68.3 Å². The summed E-state index contributed by atoms with van der Waals surface area (Å²) in [5.74, 6) is -0.512. The van der Waals surface area contributed by atoms with Crippen LogP contribution in [-0.4, -0.2) is 47.6 Å². The number of esters is 1. The van der Waals surface area contributed by atoms with E-state index in [1.54, 1.807) is 49.4 Å². The quantitative estimate of drug-likeness (QED) is 0.524. The number of rotatable bonds is 8. The van der Waals surface area contributed by atoms with Gasteiger partial charge >= 0.3 is 5.97 Å². The number of benzene rings is 2. The summed E-state index contributed by atoms with van der Waals surface area (Å²) in [5.41, 5.74) is 1.55. The van der Waals surface area contributed by atoms with E-state index in [0.717, 1.165) is 19.4 Å². The van der Waals surface area contributed by atoms with Crippen LogP contribution in [0.3, 0.4) is 0 Å². The predicted molar refractivity (Wildman–Crippen MR) is 118 cm³/mol. The van der Waals surface area contributed by atoms with Crippen LogP contribution in [-0.2, 0) is 14.3 Å². The summed E-state index contributed by atoms with van der Waals surface area (Å²) in [6.45, 7) is 2.53. The predicted octanol–water partition coefficient (Wildman–Crippen LogP) is 3.67. The van der Waals surface area contributed by atoms with Crippen molar-refractivity contribution >= 4 is 17.7 Å². The molecule has 0 bridgehead atoms. The molecule has 0 aliphatic carbocycles. The summed E-state index contributed by atoms with van der Waals surface area (Å²) in [4.78, 5) is 24.6. The molecule has 0 saturated carbocycles. The molecule has 9 heteroatoms. The molecule has 3 aromatic rings. The number of carbonyl (C=O) groups excluding carboxylic acids is 2. The van der Waals surface area contributed by atoms with Gasteiger partial charge in [-0.25, -0.2) is 13.9 Å². The summed E-state index contributed by atoms with van der Waals surface area (Å²) in [7, 11) is 0. The van der Waals surface area contributed by atoms with Crippen LogP contribution in [0.4, 0.5) is 10.2 Å². The van der Waals surface area contributed by atoms with Crippen LogP contribution < -0.4 is 10.1 Å². The van der Waals surface area contributed by atoms with Gasteiger partial charge in [-0.15, -0.1) is 0 Å². The Morgan fingerprint density at radius 2 is 1.94 bits per heavy atom. The van der Waals surface area contributed by atoms with Crippen molar-refractivity contribution in [1.82, 2.24) is 9.78 Å². The number of hydrogen-bond acceptors (Lipinski definition) is 6. The molecule has 1 amide bonds. The number of nitrogens with one attached hydrogen (secondary N) is 1. The van der Waals surface area contributed by atoms with E-state index in [2.05, 4.69) is 10.4 Å². The van der Waals surface area contributed by atoms with E-state index >= 15 is 0 Å². The third-order valence-corrected chi connectivity index (χ3v) is 5.05. The van der Waals surface area contributed by atoms with Crippen LogP contribution in [0.25, 0.3) is 5.69 Å². The number of nitrogens with zero attached hydrogens (tertiary/aromatic N) is 2. The molecule has 1 aliphatic heterocycles. The second-order valence-corrected chi connectivity index (χ2v) is 7.65. The van der Waals surface area contributed by atoms with E-state index in [4.69, 9.17) is 14.2 Å². The van der Waals surface area contributed by atoms with Gasteiger partial charge in [-0.2, -0.15) is 5.10 Å². The van der Waals surface area contributed by atoms with Crippen LogP contribution in [0.15, 0.2) is 54.6 Å². The maximum Gasteiger partial charge on any atom is 0.338 e. The smallest absolute Gasteiger partial charge is 0.338 e. The molecule has 8 nitrogen and oxygen atoms in total. The fourth-order valence-corrected chi connectivity index (χ4v) is 3.41. The van der Waals surface area contributed by atoms with E-state index < -0.39 is 18.5 Å². The van der Waals surface area contributed by atoms with E-state index in [-0.39, 0.29) is 11.9 Å². The SMILES string of the molecule is Cc1cc(NC(=O)COC(=O)c2ccc(OCC3CCCO3)cc2)n(-c2ccc(F)cc2)n1. The van der Waals surface area contributed by atoms with Crippen LogP contribution in [0.5, 0.6) is 5.75 Å². The number of aryl methyl sites for hydroxylation is 1. The molecule has 172 valence electrons. The van der Waals surface area contributed by atoms with Gasteiger partial charge < -0.3 is 19.5 Å². The van der Waals surface area contributed by atoms with Gasteiger partial charge in [-0.1, -0.05) is 0 Å². The summed E-state index contributed by atoms with van der Waals surface area (Å²) in [5, 5.41) is 6.97. The Morgan fingerprint density at radius 3 is 2.64 bits per heavy atom. The molecule has 1 fully saturated rings. The second-order valence-electron chi connectivity index (χ2n) is 7.65. The number of amides is 1. The summed E-state index contributed by atoms with van der Waals surface area (Å²) in [6.07, 6.45) is 2.13. The normalized spacial score (nSPS) is 15.3. The fraction of sp³-hybridized carbons (Fsp3) is 0.292. The monoisotopic (exact) mass is 453 g/mol. The summed E-state index contributed by atoms with van der Waals surface area (Å²) >= 11 is 0. The number of halogens is 1. The van der Waals surface area contributed by atoms with Gasteiger partial charge in [-0.3, -0.25) is 4.79 Å². The molecule has 0 spiro atoms. The van der Waals surface area contributed by atoms with Crippen LogP contribution in [0.2, 0.25) is 0 Å². The lowest BCUT2D eigenvalue weighted by Gasteiger charge is -2.12. The number of carbonyl (C=O) groups is 2. The molecule has 1 unspecified atom stereocenters.